The van der Waals surface area contributed by atoms with Gasteiger partial charge in [0.25, 0.3) is 5.91 Å². The number of hydrogen-bond acceptors (Lipinski definition) is 3. The molecule has 0 radical (unpaired) electrons. The number of rotatable bonds is 3. The molecule has 0 unspecified atom stereocenters. The minimum Gasteiger partial charge on any atom is -0.422 e. The molecule has 2 fully saturated rings. The Morgan fingerprint density at radius 3 is 2.33 bits per heavy atom. The van der Waals surface area contributed by atoms with E-state index in [0.29, 0.717) is 11.6 Å². The first-order valence-electron chi connectivity index (χ1n) is 8.99. The van der Waals surface area contributed by atoms with Gasteiger partial charge in [0.05, 0.1) is 0 Å². The van der Waals surface area contributed by atoms with Gasteiger partial charge in [-0.2, -0.15) is 0 Å². The van der Waals surface area contributed by atoms with Crippen molar-refractivity contribution in [1.82, 2.24) is 4.90 Å². The second-order valence-corrected chi connectivity index (χ2v) is 7.34. The number of para-hydroxylation sites is 1. The second kappa shape index (κ2) is 6.08. The third-order valence-electron chi connectivity index (χ3n) is 5.43. The van der Waals surface area contributed by atoms with E-state index in [0.717, 1.165) is 49.8 Å². The minimum absolute atomic E-state index is 0.142. The van der Waals surface area contributed by atoms with Crippen molar-refractivity contribution in [2.45, 2.75) is 57.5 Å². The number of benzene rings is 1. The molecule has 4 rings (SSSR count). The van der Waals surface area contributed by atoms with Gasteiger partial charge in [0.1, 0.15) is 11.1 Å². The van der Waals surface area contributed by atoms with Crippen LogP contribution in [0.15, 0.2) is 39.5 Å². The van der Waals surface area contributed by atoms with E-state index in [1.165, 1.54) is 0 Å². The Morgan fingerprint density at radius 2 is 1.67 bits per heavy atom. The molecule has 0 N–H and O–H groups in total. The fraction of sp³-hybridized carbons (Fsp3) is 0.500. The van der Waals surface area contributed by atoms with E-state index in [4.69, 9.17) is 4.42 Å². The Hall–Kier alpha value is -2.10. The van der Waals surface area contributed by atoms with Crippen LogP contribution in [0.5, 0.6) is 0 Å². The normalized spacial score (nSPS) is 24.0. The fourth-order valence-corrected chi connectivity index (χ4v) is 3.85. The van der Waals surface area contributed by atoms with Crippen molar-refractivity contribution in [1.29, 1.82) is 0 Å². The van der Waals surface area contributed by atoms with Gasteiger partial charge in [0.2, 0.25) is 0 Å². The zero-order chi connectivity index (χ0) is 16.7. The summed E-state index contributed by atoms with van der Waals surface area (Å²) < 4.78 is 5.37. The van der Waals surface area contributed by atoms with Gasteiger partial charge in [-0.1, -0.05) is 25.1 Å². The van der Waals surface area contributed by atoms with Gasteiger partial charge in [-0.15, -0.1) is 0 Å². The molecule has 1 aromatic carbocycles. The standard InChI is InChI=1S/C20H23NO3/c1-13-6-8-15(9-7-13)21(16-10-11-16)19(22)17-12-14-4-2-3-5-18(14)24-20(17)23/h2-5,12-13,15-16H,6-11H2,1H3. The molecule has 0 spiro atoms. The van der Waals surface area contributed by atoms with Crippen LogP contribution in [0.2, 0.25) is 0 Å². The third kappa shape index (κ3) is 2.85. The number of carbonyl (C=O) groups excluding carboxylic acids is 1. The van der Waals surface area contributed by atoms with Gasteiger partial charge in [-0.05, 0) is 56.6 Å². The third-order valence-corrected chi connectivity index (χ3v) is 5.43. The van der Waals surface area contributed by atoms with Crippen molar-refractivity contribution in [3.63, 3.8) is 0 Å². The second-order valence-electron chi connectivity index (χ2n) is 7.34. The number of nitrogens with zero attached hydrogens (tertiary/aromatic N) is 1. The molecule has 0 aliphatic heterocycles. The molecule has 2 aliphatic rings. The highest BCUT2D eigenvalue weighted by Crippen LogP contribution is 2.36. The van der Waals surface area contributed by atoms with Crippen molar-refractivity contribution >= 4 is 16.9 Å². The molecule has 0 atom stereocenters. The largest absolute Gasteiger partial charge is 0.422 e. The van der Waals surface area contributed by atoms with Crippen LogP contribution in [0.4, 0.5) is 0 Å². The molecule has 4 nitrogen and oxygen atoms in total. The van der Waals surface area contributed by atoms with Crippen molar-refractivity contribution < 1.29 is 9.21 Å². The molecule has 0 bridgehead atoms. The van der Waals surface area contributed by atoms with Crippen LogP contribution < -0.4 is 5.63 Å². The fourth-order valence-electron chi connectivity index (χ4n) is 3.85. The monoisotopic (exact) mass is 325 g/mol. The van der Waals surface area contributed by atoms with Gasteiger partial charge in [0, 0.05) is 17.5 Å². The summed E-state index contributed by atoms with van der Waals surface area (Å²) in [6, 6.07) is 9.62. The number of hydrogen-bond donors (Lipinski definition) is 0. The number of fused-ring (bicyclic) bond motifs is 1. The summed E-state index contributed by atoms with van der Waals surface area (Å²) in [6.45, 7) is 2.28. The highest BCUT2D eigenvalue weighted by molar-refractivity contribution is 5.97. The van der Waals surface area contributed by atoms with Gasteiger partial charge in [0.15, 0.2) is 0 Å². The Morgan fingerprint density at radius 1 is 1.04 bits per heavy atom. The van der Waals surface area contributed by atoms with Crippen LogP contribution >= 0.6 is 0 Å². The maximum absolute atomic E-state index is 13.1. The van der Waals surface area contributed by atoms with Crippen LogP contribution in [0, 0.1) is 5.92 Å². The first-order chi connectivity index (χ1) is 11.6. The Kier molecular flexibility index (Phi) is 3.91. The van der Waals surface area contributed by atoms with Gasteiger partial charge < -0.3 is 9.32 Å². The zero-order valence-corrected chi connectivity index (χ0v) is 14.0. The lowest BCUT2D eigenvalue weighted by atomic mass is 9.86. The lowest BCUT2D eigenvalue weighted by molar-refractivity contribution is 0.0589. The Labute approximate surface area is 141 Å². The lowest BCUT2D eigenvalue weighted by Crippen LogP contribution is -2.45. The predicted octanol–water partition coefficient (Wildman–Crippen LogP) is 3.98. The Balaban J connectivity index is 1.68. The molecule has 24 heavy (non-hydrogen) atoms. The molecule has 0 saturated heterocycles. The zero-order valence-electron chi connectivity index (χ0n) is 14.0. The summed E-state index contributed by atoms with van der Waals surface area (Å²) in [5, 5.41) is 0.800. The van der Waals surface area contributed by atoms with Gasteiger partial charge in [-0.3, -0.25) is 4.79 Å². The summed E-state index contributed by atoms with van der Waals surface area (Å²) in [4.78, 5) is 27.5. The maximum atomic E-state index is 13.1. The van der Waals surface area contributed by atoms with E-state index in [1.54, 1.807) is 12.1 Å². The molecular formula is C20H23NO3. The Bertz CT molecular complexity index is 813. The molecule has 1 amide bonds. The highest BCUT2D eigenvalue weighted by Gasteiger charge is 2.39. The summed E-state index contributed by atoms with van der Waals surface area (Å²) in [6.07, 6.45) is 6.51. The van der Waals surface area contributed by atoms with Crippen LogP contribution in [0.3, 0.4) is 0 Å². The average Bonchev–Trinajstić information content (AvgIpc) is 3.41. The molecule has 1 aromatic heterocycles. The van der Waals surface area contributed by atoms with Crippen molar-refractivity contribution in [2.75, 3.05) is 0 Å². The van der Waals surface area contributed by atoms with Crippen molar-refractivity contribution in [3.05, 3.63) is 46.3 Å². The van der Waals surface area contributed by atoms with E-state index >= 15 is 0 Å². The van der Waals surface area contributed by atoms with Crippen molar-refractivity contribution in [3.8, 4) is 0 Å². The SMILES string of the molecule is CC1CCC(N(C(=O)c2cc3ccccc3oc2=O)C2CC2)CC1. The smallest absolute Gasteiger partial charge is 0.349 e. The summed E-state index contributed by atoms with van der Waals surface area (Å²) in [5.74, 6) is 0.597. The van der Waals surface area contributed by atoms with E-state index in [2.05, 4.69) is 6.92 Å². The van der Waals surface area contributed by atoms with E-state index in [-0.39, 0.29) is 17.5 Å². The van der Waals surface area contributed by atoms with Crippen LogP contribution in [-0.2, 0) is 0 Å². The molecular weight excluding hydrogens is 302 g/mol. The average molecular weight is 325 g/mol. The molecule has 126 valence electrons. The van der Waals surface area contributed by atoms with E-state index in [1.807, 2.05) is 23.1 Å². The van der Waals surface area contributed by atoms with Crippen LogP contribution in [0.1, 0.15) is 55.8 Å². The van der Waals surface area contributed by atoms with E-state index < -0.39 is 5.63 Å². The van der Waals surface area contributed by atoms with Crippen LogP contribution in [0.25, 0.3) is 11.0 Å². The molecule has 1 heterocycles. The molecule has 2 aliphatic carbocycles. The summed E-state index contributed by atoms with van der Waals surface area (Å²) in [7, 11) is 0. The lowest BCUT2D eigenvalue weighted by Gasteiger charge is -2.36. The van der Waals surface area contributed by atoms with Crippen LogP contribution in [-0.4, -0.2) is 22.9 Å². The number of amides is 1. The number of carbonyl (C=O) groups is 1. The van der Waals surface area contributed by atoms with Crippen molar-refractivity contribution in [2.24, 2.45) is 5.92 Å². The van der Waals surface area contributed by atoms with E-state index in [9.17, 15) is 9.59 Å². The topological polar surface area (TPSA) is 50.5 Å². The quantitative estimate of drug-likeness (QED) is 0.802. The molecule has 2 aromatic rings. The first kappa shape index (κ1) is 15.4. The highest BCUT2D eigenvalue weighted by atomic mass is 16.4. The molecule has 4 heteroatoms. The van der Waals surface area contributed by atoms with Gasteiger partial charge >= 0.3 is 5.63 Å². The van der Waals surface area contributed by atoms with Gasteiger partial charge in [-0.25, -0.2) is 4.79 Å². The summed E-state index contributed by atoms with van der Waals surface area (Å²) in [5.41, 5.74) is 0.191. The minimum atomic E-state index is -0.520. The summed E-state index contributed by atoms with van der Waals surface area (Å²) >= 11 is 0. The maximum Gasteiger partial charge on any atom is 0.349 e. The first-order valence-corrected chi connectivity index (χ1v) is 8.99. The predicted molar refractivity (Wildman–Crippen MR) is 93.1 cm³/mol. The molecule has 2 saturated carbocycles.